The molecule has 0 saturated carbocycles. The second-order valence-corrected chi connectivity index (χ2v) is 9.58. The fraction of sp³-hybridized carbons (Fsp3) is 0.242. The predicted octanol–water partition coefficient (Wildman–Crippen LogP) is 5.21. The van der Waals surface area contributed by atoms with Crippen LogP contribution in [0, 0.1) is 0 Å². The molecule has 6 nitrogen and oxygen atoms in total. The zero-order valence-electron chi connectivity index (χ0n) is 22.3. The van der Waals surface area contributed by atoms with Gasteiger partial charge >= 0.3 is 0 Å². The van der Waals surface area contributed by atoms with Crippen LogP contribution in [0.5, 0.6) is 5.75 Å². The number of carbonyl (C=O) groups excluding carboxylic acids is 1. The van der Waals surface area contributed by atoms with E-state index in [0.29, 0.717) is 12.1 Å². The first-order valence-corrected chi connectivity index (χ1v) is 13.3. The molecule has 0 fully saturated rings. The monoisotopic (exact) mass is 523 g/mol. The van der Waals surface area contributed by atoms with E-state index in [0.717, 1.165) is 47.4 Å². The minimum atomic E-state index is -0.600. The summed E-state index contributed by atoms with van der Waals surface area (Å²) >= 11 is 0. The Hall–Kier alpha value is -3.97. The quantitative estimate of drug-likeness (QED) is 0.143. The highest BCUT2D eigenvalue weighted by molar-refractivity contribution is 5.94. The molecule has 0 saturated heterocycles. The molecule has 0 unspecified atom stereocenters. The smallest absolute Gasteiger partial charge is 0.241 e. The van der Waals surface area contributed by atoms with Gasteiger partial charge in [0.2, 0.25) is 5.91 Å². The minimum Gasteiger partial charge on any atom is -0.497 e. The number of aliphatic hydroxyl groups is 1. The summed E-state index contributed by atoms with van der Waals surface area (Å²) in [5, 5.41) is 15.9. The number of amides is 1. The molecule has 39 heavy (non-hydrogen) atoms. The van der Waals surface area contributed by atoms with Gasteiger partial charge in [0.25, 0.3) is 0 Å². The van der Waals surface area contributed by atoms with E-state index in [9.17, 15) is 9.90 Å². The van der Waals surface area contributed by atoms with Crippen LogP contribution in [0.15, 0.2) is 109 Å². The van der Waals surface area contributed by atoms with Gasteiger partial charge in [-0.25, -0.2) is 0 Å². The normalized spacial score (nSPS) is 12.1. The van der Waals surface area contributed by atoms with E-state index in [4.69, 9.17) is 10.5 Å². The third-order valence-corrected chi connectivity index (χ3v) is 7.01. The molecular weight excluding hydrogens is 486 g/mol. The molecule has 202 valence electrons. The van der Waals surface area contributed by atoms with Gasteiger partial charge < -0.3 is 20.9 Å². The fourth-order valence-electron chi connectivity index (χ4n) is 4.85. The fourth-order valence-corrected chi connectivity index (χ4v) is 4.85. The summed E-state index contributed by atoms with van der Waals surface area (Å²) in [6.45, 7) is 0.697. The van der Waals surface area contributed by atoms with Crippen LogP contribution in [0.1, 0.15) is 41.5 Å². The molecule has 4 aromatic carbocycles. The van der Waals surface area contributed by atoms with E-state index < -0.39 is 11.6 Å². The van der Waals surface area contributed by atoms with E-state index >= 15 is 0 Å². The van der Waals surface area contributed by atoms with Crippen LogP contribution in [-0.2, 0) is 16.9 Å². The van der Waals surface area contributed by atoms with Crippen molar-refractivity contribution in [2.24, 2.45) is 5.73 Å². The molecular formula is C33H37N3O3. The van der Waals surface area contributed by atoms with Crippen molar-refractivity contribution in [3.05, 3.63) is 131 Å². The highest BCUT2D eigenvalue weighted by atomic mass is 16.5. The first kappa shape index (κ1) is 28.0. The second-order valence-electron chi connectivity index (χ2n) is 9.58. The first-order chi connectivity index (χ1) is 19.1. The maximum Gasteiger partial charge on any atom is 0.241 e. The summed E-state index contributed by atoms with van der Waals surface area (Å²) in [5.74, 6) is 0.603. The number of unbranched alkanes of at least 4 members (excludes halogenated alkanes) is 1. The van der Waals surface area contributed by atoms with Crippen LogP contribution in [0.2, 0.25) is 0 Å². The maximum absolute atomic E-state index is 12.6. The maximum atomic E-state index is 12.6. The molecule has 5 N–H and O–H groups in total. The number of anilines is 1. The van der Waals surface area contributed by atoms with E-state index in [-0.39, 0.29) is 12.5 Å². The number of hydrogen-bond donors (Lipinski definition) is 4. The third-order valence-electron chi connectivity index (χ3n) is 7.01. The second kappa shape index (κ2) is 13.7. The molecule has 0 radical (unpaired) electrons. The van der Waals surface area contributed by atoms with Crippen LogP contribution >= 0.6 is 0 Å². The van der Waals surface area contributed by atoms with Gasteiger partial charge in [0, 0.05) is 5.69 Å². The predicted molar refractivity (Wildman–Crippen MR) is 157 cm³/mol. The van der Waals surface area contributed by atoms with Gasteiger partial charge in [-0.15, -0.1) is 0 Å². The van der Waals surface area contributed by atoms with Crippen molar-refractivity contribution in [3.63, 3.8) is 0 Å². The standard InChI is InChI=1S/C33H37N3O3/c1-39-30-21-17-28(18-22-30)33(26-10-4-2-5-11-26,27-12-6-3-7-13-27)35-23-9-8-14-31(34)32(38)36-29-19-15-25(24-37)16-20-29/h2-7,10-13,15-22,31,35,37H,8-9,14,23-24,34H2,1H3,(H,36,38)/t31-/m0/s1. The molecule has 0 heterocycles. The number of methoxy groups -OCH3 is 1. The Morgan fingerprint density at radius 2 is 1.38 bits per heavy atom. The van der Waals surface area contributed by atoms with Gasteiger partial charge in [-0.3, -0.25) is 10.1 Å². The topological polar surface area (TPSA) is 96.6 Å². The summed E-state index contributed by atoms with van der Waals surface area (Å²) in [6, 6.07) is 35.6. The Kier molecular flexibility index (Phi) is 9.86. The molecule has 1 amide bonds. The summed E-state index contributed by atoms with van der Waals surface area (Å²) in [7, 11) is 1.67. The molecule has 6 heteroatoms. The molecule has 0 aromatic heterocycles. The van der Waals surface area contributed by atoms with Gasteiger partial charge in [-0.2, -0.15) is 0 Å². The van der Waals surface area contributed by atoms with E-state index in [2.05, 4.69) is 71.3 Å². The van der Waals surface area contributed by atoms with Gasteiger partial charge in [0.1, 0.15) is 5.75 Å². The van der Waals surface area contributed by atoms with Crippen molar-refractivity contribution in [1.29, 1.82) is 0 Å². The number of nitrogens with one attached hydrogen (secondary N) is 2. The lowest BCUT2D eigenvalue weighted by Gasteiger charge is -2.37. The molecule has 0 aliphatic heterocycles. The molecule has 1 atom stereocenters. The zero-order valence-corrected chi connectivity index (χ0v) is 22.3. The van der Waals surface area contributed by atoms with Crippen LogP contribution in [-0.4, -0.2) is 30.7 Å². The minimum absolute atomic E-state index is 0.0317. The van der Waals surface area contributed by atoms with Crippen molar-refractivity contribution < 1.29 is 14.6 Å². The molecule has 0 aliphatic carbocycles. The average Bonchev–Trinajstić information content (AvgIpc) is 3.00. The molecule has 0 bridgehead atoms. The van der Waals surface area contributed by atoms with Crippen molar-refractivity contribution in [2.45, 2.75) is 37.5 Å². The van der Waals surface area contributed by atoms with Gasteiger partial charge in [-0.05, 0) is 65.9 Å². The Bertz CT molecular complexity index is 1250. The van der Waals surface area contributed by atoms with Crippen molar-refractivity contribution in [3.8, 4) is 5.75 Å². The number of ether oxygens (including phenoxy) is 1. The third kappa shape index (κ3) is 6.92. The van der Waals surface area contributed by atoms with E-state index in [1.165, 1.54) is 0 Å². The largest absolute Gasteiger partial charge is 0.497 e. The van der Waals surface area contributed by atoms with Crippen molar-refractivity contribution >= 4 is 11.6 Å². The number of nitrogens with two attached hydrogens (primary N) is 1. The van der Waals surface area contributed by atoms with E-state index in [1.54, 1.807) is 31.4 Å². The van der Waals surface area contributed by atoms with Crippen molar-refractivity contribution in [1.82, 2.24) is 5.32 Å². The summed E-state index contributed by atoms with van der Waals surface area (Å²) < 4.78 is 5.42. The molecule has 4 aromatic rings. The van der Waals surface area contributed by atoms with Gasteiger partial charge in [0.05, 0.1) is 25.3 Å². The average molecular weight is 524 g/mol. The number of aliphatic hydroxyl groups excluding tert-OH is 1. The highest BCUT2D eigenvalue weighted by Gasteiger charge is 2.35. The van der Waals surface area contributed by atoms with Crippen LogP contribution in [0.25, 0.3) is 0 Å². The lowest BCUT2D eigenvalue weighted by Crippen LogP contribution is -2.45. The van der Waals surface area contributed by atoms with Crippen molar-refractivity contribution in [2.75, 3.05) is 19.0 Å². The number of rotatable bonds is 13. The van der Waals surface area contributed by atoms with Crippen LogP contribution < -0.4 is 21.1 Å². The Labute approximate surface area is 230 Å². The number of benzene rings is 4. The van der Waals surface area contributed by atoms with Gasteiger partial charge in [-0.1, -0.05) is 91.3 Å². The molecule has 0 spiro atoms. The first-order valence-electron chi connectivity index (χ1n) is 13.3. The lowest BCUT2D eigenvalue weighted by molar-refractivity contribution is -0.117. The summed E-state index contributed by atoms with van der Waals surface area (Å²) in [5.41, 5.74) is 10.5. The number of carbonyl (C=O) groups is 1. The Balaban J connectivity index is 1.45. The van der Waals surface area contributed by atoms with Crippen LogP contribution in [0.4, 0.5) is 5.69 Å². The SMILES string of the molecule is COc1ccc(C(NCCCC[C@H](N)C(=O)Nc2ccc(CO)cc2)(c2ccccc2)c2ccccc2)cc1. The molecule has 0 aliphatic rings. The number of hydrogen-bond acceptors (Lipinski definition) is 5. The lowest BCUT2D eigenvalue weighted by atomic mass is 9.77. The summed E-state index contributed by atoms with van der Waals surface area (Å²) in [4.78, 5) is 12.6. The van der Waals surface area contributed by atoms with E-state index in [1.807, 2.05) is 24.3 Å². The zero-order chi connectivity index (χ0) is 27.5. The highest BCUT2D eigenvalue weighted by Crippen LogP contribution is 2.37. The van der Waals surface area contributed by atoms with Gasteiger partial charge in [0.15, 0.2) is 0 Å². The Morgan fingerprint density at radius 3 is 1.92 bits per heavy atom. The molecule has 4 rings (SSSR count). The summed E-state index contributed by atoms with van der Waals surface area (Å²) in [6.07, 6.45) is 2.23. The Morgan fingerprint density at radius 1 is 0.821 bits per heavy atom. The van der Waals surface area contributed by atoms with Crippen LogP contribution in [0.3, 0.4) is 0 Å².